The highest BCUT2D eigenvalue weighted by molar-refractivity contribution is 9.10. The van der Waals surface area contributed by atoms with Crippen LogP contribution in [0.15, 0.2) is 76.1 Å². The van der Waals surface area contributed by atoms with Gasteiger partial charge in [-0.15, -0.1) is 0 Å². The molecule has 1 saturated carbocycles. The molecule has 0 saturated heterocycles. The van der Waals surface area contributed by atoms with Crippen LogP contribution in [0.3, 0.4) is 0 Å². The predicted molar refractivity (Wildman–Crippen MR) is 167 cm³/mol. The quantitative estimate of drug-likeness (QED) is 0.257. The molecule has 3 aromatic rings. The van der Waals surface area contributed by atoms with Gasteiger partial charge in [0, 0.05) is 32.7 Å². The zero-order valence-electron chi connectivity index (χ0n) is 22.8. The zero-order valence-corrected chi connectivity index (χ0v) is 26.7. The number of carbonyl (C=O) groups is 2. The van der Waals surface area contributed by atoms with Gasteiger partial charge in [0.2, 0.25) is 11.8 Å². The van der Waals surface area contributed by atoms with E-state index < -0.39 is 28.5 Å². The lowest BCUT2D eigenvalue weighted by atomic mass is 10.1. The fourth-order valence-electron chi connectivity index (χ4n) is 4.83. The number of anilines is 1. The Balaban J connectivity index is 1.72. The molecule has 1 aliphatic rings. The summed E-state index contributed by atoms with van der Waals surface area (Å²) in [5, 5.41) is 3.73. The van der Waals surface area contributed by atoms with Crippen LogP contribution in [0.25, 0.3) is 0 Å². The van der Waals surface area contributed by atoms with Crippen molar-refractivity contribution in [2.75, 3.05) is 10.8 Å². The van der Waals surface area contributed by atoms with Gasteiger partial charge in [0.05, 0.1) is 10.6 Å². The maximum Gasteiger partial charge on any atom is 0.264 e. The molecule has 1 fully saturated rings. The van der Waals surface area contributed by atoms with Gasteiger partial charge in [0.15, 0.2) is 0 Å². The number of hydrogen-bond donors (Lipinski definition) is 1. The number of rotatable bonds is 10. The van der Waals surface area contributed by atoms with Gasteiger partial charge in [-0.1, -0.05) is 81.8 Å². The average Bonchev–Trinajstić information content (AvgIpc) is 3.44. The highest BCUT2D eigenvalue weighted by Gasteiger charge is 2.34. The van der Waals surface area contributed by atoms with Gasteiger partial charge in [-0.05, 0) is 69.2 Å². The minimum absolute atomic E-state index is 0.0450. The Morgan fingerprint density at radius 3 is 2.22 bits per heavy atom. The summed E-state index contributed by atoms with van der Waals surface area (Å²) in [5.74, 6) is -0.894. The smallest absolute Gasteiger partial charge is 0.264 e. The van der Waals surface area contributed by atoms with Gasteiger partial charge in [-0.2, -0.15) is 0 Å². The van der Waals surface area contributed by atoms with Gasteiger partial charge >= 0.3 is 0 Å². The van der Waals surface area contributed by atoms with E-state index in [2.05, 4.69) is 21.2 Å². The molecule has 0 bridgehead atoms. The topological polar surface area (TPSA) is 86.8 Å². The van der Waals surface area contributed by atoms with Crippen LogP contribution in [0.1, 0.15) is 43.7 Å². The van der Waals surface area contributed by atoms with Crippen molar-refractivity contribution < 1.29 is 18.0 Å². The van der Waals surface area contributed by atoms with Crippen LogP contribution in [0, 0.1) is 6.92 Å². The summed E-state index contributed by atoms with van der Waals surface area (Å²) in [6.45, 7) is 2.87. The molecule has 0 heterocycles. The molecular weight excluding hydrogens is 649 g/mol. The first-order chi connectivity index (χ1) is 19.5. The minimum Gasteiger partial charge on any atom is -0.352 e. The van der Waals surface area contributed by atoms with Gasteiger partial charge in [-0.25, -0.2) is 8.42 Å². The second-order valence-corrected chi connectivity index (χ2v) is 13.8. The van der Waals surface area contributed by atoms with E-state index in [1.165, 1.54) is 17.0 Å². The molecule has 0 spiro atoms. The van der Waals surface area contributed by atoms with Gasteiger partial charge in [0.1, 0.15) is 12.6 Å². The normalized spacial score (nSPS) is 14.5. The van der Waals surface area contributed by atoms with E-state index in [1.54, 1.807) is 61.5 Å². The van der Waals surface area contributed by atoms with Gasteiger partial charge in [-0.3, -0.25) is 13.9 Å². The van der Waals surface area contributed by atoms with Crippen molar-refractivity contribution in [1.82, 2.24) is 10.2 Å². The molecule has 218 valence electrons. The molecule has 41 heavy (non-hydrogen) atoms. The number of halogens is 3. The Morgan fingerprint density at radius 1 is 1.00 bits per heavy atom. The molecule has 0 aromatic heterocycles. The SMILES string of the molecule is Cc1ccc(S(=O)(=O)N(CC(=O)N(Cc2c(Cl)cccc2Cl)[C@H](C)C(=O)NC2CCCC2)c2cccc(Br)c2)cc1. The first kappa shape index (κ1) is 31.3. The van der Waals surface area contributed by atoms with Crippen LogP contribution in [-0.4, -0.2) is 43.8 Å². The van der Waals surface area contributed by atoms with Crippen molar-refractivity contribution in [3.63, 3.8) is 0 Å². The van der Waals surface area contributed by atoms with E-state index in [0.29, 0.717) is 25.8 Å². The fraction of sp³-hybridized carbons (Fsp3) is 0.333. The lowest BCUT2D eigenvalue weighted by Gasteiger charge is -2.33. The summed E-state index contributed by atoms with van der Waals surface area (Å²) in [6.07, 6.45) is 3.84. The average molecular weight is 681 g/mol. The maximum atomic E-state index is 14.1. The van der Waals surface area contributed by atoms with E-state index >= 15 is 0 Å². The highest BCUT2D eigenvalue weighted by atomic mass is 79.9. The third-order valence-corrected chi connectivity index (χ3v) is 10.2. The van der Waals surface area contributed by atoms with Crippen LogP contribution in [0.5, 0.6) is 0 Å². The largest absolute Gasteiger partial charge is 0.352 e. The van der Waals surface area contributed by atoms with Crippen LogP contribution in [0.4, 0.5) is 5.69 Å². The lowest BCUT2D eigenvalue weighted by molar-refractivity contribution is -0.139. The summed E-state index contributed by atoms with van der Waals surface area (Å²) in [5.41, 5.74) is 1.67. The summed E-state index contributed by atoms with van der Waals surface area (Å²) in [6, 6.07) is 17.3. The molecule has 0 unspecified atom stereocenters. The highest BCUT2D eigenvalue weighted by Crippen LogP contribution is 2.29. The molecule has 7 nitrogen and oxygen atoms in total. The zero-order chi connectivity index (χ0) is 29.7. The molecule has 1 atom stereocenters. The third-order valence-electron chi connectivity index (χ3n) is 7.24. The monoisotopic (exact) mass is 679 g/mol. The van der Waals surface area contributed by atoms with E-state index in [0.717, 1.165) is 35.6 Å². The number of hydrogen-bond acceptors (Lipinski definition) is 4. The molecule has 3 aromatic carbocycles. The molecule has 1 aliphatic carbocycles. The van der Waals surface area contributed by atoms with Gasteiger partial charge < -0.3 is 10.2 Å². The summed E-state index contributed by atoms with van der Waals surface area (Å²) < 4.78 is 29.6. The molecule has 4 rings (SSSR count). The number of aryl methyl sites for hydroxylation is 1. The van der Waals surface area contributed by atoms with Gasteiger partial charge in [0.25, 0.3) is 10.0 Å². The summed E-state index contributed by atoms with van der Waals surface area (Å²) in [7, 11) is -4.16. The molecular formula is C30H32BrCl2N3O4S. The Labute approximate surface area is 260 Å². The number of benzene rings is 3. The van der Waals surface area contributed by atoms with Crippen LogP contribution in [0.2, 0.25) is 10.0 Å². The lowest BCUT2D eigenvalue weighted by Crippen LogP contribution is -2.52. The van der Waals surface area contributed by atoms with Crippen molar-refractivity contribution in [3.8, 4) is 0 Å². The van der Waals surface area contributed by atoms with Crippen LogP contribution < -0.4 is 9.62 Å². The Morgan fingerprint density at radius 2 is 1.61 bits per heavy atom. The van der Waals surface area contributed by atoms with Crippen molar-refractivity contribution in [1.29, 1.82) is 0 Å². The number of sulfonamides is 1. The standard InChI is InChI=1S/C30H32BrCl2N3O4S/c1-20-13-15-25(16-14-20)41(39,40)36(24-10-5-7-22(31)17-24)19-29(37)35(18-26-27(32)11-6-12-28(26)33)21(2)30(38)34-23-8-3-4-9-23/h5-7,10-17,21,23H,3-4,8-9,18-19H2,1-2H3,(H,34,38)/t21-/m1/s1. The summed E-state index contributed by atoms with van der Waals surface area (Å²) >= 11 is 16.3. The molecule has 1 N–H and O–H groups in total. The van der Waals surface area contributed by atoms with Crippen molar-refractivity contribution in [2.24, 2.45) is 0 Å². The predicted octanol–water partition coefficient (Wildman–Crippen LogP) is 6.74. The molecule has 2 amide bonds. The van der Waals surface area contributed by atoms with E-state index in [9.17, 15) is 18.0 Å². The van der Waals surface area contributed by atoms with E-state index in [4.69, 9.17) is 23.2 Å². The van der Waals surface area contributed by atoms with Crippen molar-refractivity contribution in [3.05, 3.63) is 92.4 Å². The fourth-order valence-corrected chi connectivity index (χ4v) is 7.14. The molecule has 0 radical (unpaired) electrons. The van der Waals surface area contributed by atoms with Crippen molar-refractivity contribution >= 4 is 66.7 Å². The Kier molecular flexibility index (Phi) is 10.4. The Bertz CT molecular complexity index is 1490. The first-order valence-corrected chi connectivity index (χ1v) is 16.3. The maximum absolute atomic E-state index is 14.1. The summed E-state index contributed by atoms with van der Waals surface area (Å²) in [4.78, 5) is 28.8. The second kappa shape index (κ2) is 13.6. The van der Waals surface area contributed by atoms with E-state index in [1.807, 2.05) is 6.92 Å². The number of nitrogens with zero attached hydrogens (tertiary/aromatic N) is 2. The number of nitrogens with one attached hydrogen (secondary N) is 1. The van der Waals surface area contributed by atoms with E-state index in [-0.39, 0.29) is 23.4 Å². The Hall–Kier alpha value is -2.59. The molecule has 11 heteroatoms. The minimum atomic E-state index is -4.16. The first-order valence-electron chi connectivity index (χ1n) is 13.3. The van der Waals surface area contributed by atoms with Crippen LogP contribution in [-0.2, 0) is 26.2 Å². The second-order valence-electron chi connectivity index (χ2n) is 10.2. The number of amides is 2. The van der Waals surface area contributed by atoms with Crippen LogP contribution >= 0.6 is 39.1 Å². The van der Waals surface area contributed by atoms with Crippen molar-refractivity contribution in [2.45, 2.75) is 63.1 Å². The molecule has 0 aliphatic heterocycles. The number of carbonyl (C=O) groups excluding carboxylic acids is 2. The third kappa shape index (κ3) is 7.63.